The lowest BCUT2D eigenvalue weighted by atomic mass is 10.2. The van der Waals surface area contributed by atoms with Gasteiger partial charge in [0.1, 0.15) is 6.10 Å². The summed E-state index contributed by atoms with van der Waals surface area (Å²) >= 11 is 0. The molecule has 0 amide bonds. The van der Waals surface area contributed by atoms with E-state index in [1.54, 1.807) is 6.07 Å². The fraction of sp³-hybridized carbons (Fsp3) is 0.800. The maximum absolute atomic E-state index is 8.69. The highest BCUT2D eigenvalue weighted by Gasteiger charge is 2.13. The summed E-state index contributed by atoms with van der Waals surface area (Å²) < 4.78 is 0. The molecule has 0 aliphatic heterocycles. The van der Waals surface area contributed by atoms with Crippen LogP contribution in [-0.2, 0) is 0 Å². The highest BCUT2D eigenvalue weighted by Crippen LogP contribution is 1.95. The van der Waals surface area contributed by atoms with Crippen molar-refractivity contribution < 1.29 is 15.3 Å². The van der Waals surface area contributed by atoms with Crippen molar-refractivity contribution in [3.63, 3.8) is 0 Å². The Morgan fingerprint density at radius 1 is 1.33 bits per heavy atom. The van der Waals surface area contributed by atoms with Crippen molar-refractivity contribution in [1.82, 2.24) is 0 Å². The molecule has 0 spiro atoms. The van der Waals surface area contributed by atoms with Crippen LogP contribution in [0.5, 0.6) is 0 Å². The first-order valence-corrected chi connectivity index (χ1v) is 2.56. The molecule has 0 radical (unpaired) electrons. The Hall–Kier alpha value is -0.630. The fourth-order valence-corrected chi connectivity index (χ4v) is 0.351. The Bertz CT molecular complexity index is 109. The van der Waals surface area contributed by atoms with Crippen LogP contribution in [-0.4, -0.2) is 34.1 Å². The summed E-state index contributed by atoms with van der Waals surface area (Å²) in [5, 5.41) is 33.5. The summed E-state index contributed by atoms with van der Waals surface area (Å²) in [5.41, 5.74) is 0. The average Bonchev–Trinajstić information content (AvgIpc) is 1.87. The Labute approximate surface area is 53.0 Å². The number of nitriles is 1. The maximum atomic E-state index is 8.69. The van der Waals surface area contributed by atoms with E-state index in [4.69, 9.17) is 20.6 Å². The predicted octanol–water partition coefficient (Wildman–Crippen LogP) is -1.39. The number of aliphatic hydroxyl groups is 3. The molecule has 2 unspecified atom stereocenters. The lowest BCUT2D eigenvalue weighted by Crippen LogP contribution is -2.28. The molecule has 0 aromatic carbocycles. The molecular weight excluding hydrogens is 122 g/mol. The van der Waals surface area contributed by atoms with Crippen LogP contribution < -0.4 is 0 Å². The minimum atomic E-state index is -1.19. The van der Waals surface area contributed by atoms with E-state index in [1.165, 1.54) is 0 Å². The van der Waals surface area contributed by atoms with Crippen molar-refractivity contribution in [3.8, 4) is 6.07 Å². The van der Waals surface area contributed by atoms with E-state index in [-0.39, 0.29) is 6.42 Å². The van der Waals surface area contributed by atoms with Gasteiger partial charge in [0, 0.05) is 0 Å². The zero-order valence-electron chi connectivity index (χ0n) is 4.86. The average molecular weight is 131 g/mol. The Kier molecular flexibility index (Phi) is 3.97. The zero-order chi connectivity index (χ0) is 7.28. The molecule has 0 aromatic rings. The molecule has 0 bridgehead atoms. The number of hydrogen-bond acceptors (Lipinski definition) is 4. The standard InChI is InChI=1S/C5H9NO3/c6-2-1-4(8)5(9)3-7/h4-5,7-9H,1,3H2. The molecule has 0 aromatic heterocycles. The first-order chi connectivity index (χ1) is 4.22. The van der Waals surface area contributed by atoms with Crippen molar-refractivity contribution in [3.05, 3.63) is 0 Å². The summed E-state index contributed by atoms with van der Waals surface area (Å²) in [6.07, 6.45) is -2.47. The summed E-state index contributed by atoms with van der Waals surface area (Å²) in [5.74, 6) is 0. The molecule has 3 N–H and O–H groups in total. The molecule has 0 saturated carbocycles. The van der Waals surface area contributed by atoms with Crippen LogP contribution >= 0.6 is 0 Å². The second-order valence-electron chi connectivity index (χ2n) is 1.68. The summed E-state index contributed by atoms with van der Waals surface area (Å²) in [6.45, 7) is -0.511. The third-order valence-corrected chi connectivity index (χ3v) is 0.932. The second-order valence-corrected chi connectivity index (χ2v) is 1.68. The second kappa shape index (κ2) is 4.27. The van der Waals surface area contributed by atoms with Crippen LogP contribution in [0.2, 0.25) is 0 Å². The van der Waals surface area contributed by atoms with Gasteiger partial charge < -0.3 is 15.3 Å². The van der Waals surface area contributed by atoms with E-state index in [1.807, 2.05) is 0 Å². The van der Waals surface area contributed by atoms with Crippen LogP contribution in [0.4, 0.5) is 0 Å². The zero-order valence-corrected chi connectivity index (χ0v) is 4.86. The molecule has 0 heterocycles. The number of nitrogens with zero attached hydrogens (tertiary/aromatic N) is 1. The lowest BCUT2D eigenvalue weighted by molar-refractivity contribution is -0.0112. The Morgan fingerprint density at radius 2 is 1.89 bits per heavy atom. The normalized spacial score (nSPS) is 16.2. The SMILES string of the molecule is N#CCC(O)C(O)CO. The third kappa shape index (κ3) is 3.03. The molecule has 0 saturated heterocycles. The highest BCUT2D eigenvalue weighted by atomic mass is 16.4. The van der Waals surface area contributed by atoms with E-state index in [0.717, 1.165) is 0 Å². The molecule has 52 valence electrons. The van der Waals surface area contributed by atoms with Gasteiger partial charge in [-0.2, -0.15) is 5.26 Å². The number of hydrogen-bond donors (Lipinski definition) is 3. The molecular formula is C5H9NO3. The minimum Gasteiger partial charge on any atom is -0.394 e. The number of aliphatic hydroxyl groups excluding tert-OH is 3. The van der Waals surface area contributed by atoms with Gasteiger partial charge in [-0.15, -0.1) is 0 Å². The van der Waals surface area contributed by atoms with E-state index >= 15 is 0 Å². The molecule has 0 rings (SSSR count). The minimum absolute atomic E-state index is 0.151. The molecule has 4 heteroatoms. The third-order valence-electron chi connectivity index (χ3n) is 0.932. The lowest BCUT2D eigenvalue weighted by Gasteiger charge is -2.10. The van der Waals surface area contributed by atoms with E-state index in [2.05, 4.69) is 0 Å². The first-order valence-electron chi connectivity index (χ1n) is 2.56. The molecule has 0 aliphatic rings. The topological polar surface area (TPSA) is 84.5 Å². The summed E-state index contributed by atoms with van der Waals surface area (Å²) in [4.78, 5) is 0. The van der Waals surface area contributed by atoms with Gasteiger partial charge in [-0.1, -0.05) is 0 Å². The van der Waals surface area contributed by atoms with Gasteiger partial charge in [0.15, 0.2) is 0 Å². The quantitative estimate of drug-likeness (QED) is 0.440. The van der Waals surface area contributed by atoms with Crippen LogP contribution in [0.15, 0.2) is 0 Å². The van der Waals surface area contributed by atoms with E-state index in [0.29, 0.717) is 0 Å². The smallest absolute Gasteiger partial charge is 0.104 e. The first kappa shape index (κ1) is 8.37. The highest BCUT2D eigenvalue weighted by molar-refractivity contribution is 4.79. The van der Waals surface area contributed by atoms with E-state index in [9.17, 15) is 0 Å². The van der Waals surface area contributed by atoms with Crippen LogP contribution in [0.3, 0.4) is 0 Å². The van der Waals surface area contributed by atoms with Crippen LogP contribution in [0, 0.1) is 11.3 Å². The summed E-state index contributed by atoms with van der Waals surface area (Å²) in [7, 11) is 0. The molecule has 4 nitrogen and oxygen atoms in total. The molecule has 0 fully saturated rings. The number of rotatable bonds is 3. The van der Waals surface area contributed by atoms with E-state index < -0.39 is 18.8 Å². The molecule has 9 heavy (non-hydrogen) atoms. The van der Waals surface area contributed by atoms with Gasteiger partial charge in [-0.05, 0) is 0 Å². The Balaban J connectivity index is 3.48. The maximum Gasteiger partial charge on any atom is 0.104 e. The van der Waals surface area contributed by atoms with Crippen LogP contribution in [0.1, 0.15) is 6.42 Å². The van der Waals surface area contributed by atoms with Gasteiger partial charge in [-0.3, -0.25) is 0 Å². The predicted molar refractivity (Wildman–Crippen MR) is 29.3 cm³/mol. The van der Waals surface area contributed by atoms with Gasteiger partial charge in [0.25, 0.3) is 0 Å². The van der Waals surface area contributed by atoms with Gasteiger partial charge >= 0.3 is 0 Å². The van der Waals surface area contributed by atoms with Crippen molar-refractivity contribution in [2.75, 3.05) is 6.61 Å². The fourth-order valence-electron chi connectivity index (χ4n) is 0.351. The van der Waals surface area contributed by atoms with Crippen LogP contribution in [0.25, 0.3) is 0 Å². The van der Waals surface area contributed by atoms with Crippen molar-refractivity contribution in [2.24, 2.45) is 0 Å². The van der Waals surface area contributed by atoms with Gasteiger partial charge in [-0.25, -0.2) is 0 Å². The van der Waals surface area contributed by atoms with Crippen molar-refractivity contribution in [1.29, 1.82) is 5.26 Å². The summed E-state index contributed by atoms with van der Waals surface area (Å²) in [6, 6.07) is 1.66. The van der Waals surface area contributed by atoms with Crippen molar-refractivity contribution >= 4 is 0 Å². The van der Waals surface area contributed by atoms with Gasteiger partial charge in [0.2, 0.25) is 0 Å². The largest absolute Gasteiger partial charge is 0.394 e. The Morgan fingerprint density at radius 3 is 2.22 bits per heavy atom. The van der Waals surface area contributed by atoms with Crippen molar-refractivity contribution in [2.45, 2.75) is 18.6 Å². The molecule has 0 aliphatic carbocycles. The molecule has 2 atom stereocenters. The monoisotopic (exact) mass is 131 g/mol. The van der Waals surface area contributed by atoms with Gasteiger partial charge in [0.05, 0.1) is 25.2 Å².